The van der Waals surface area contributed by atoms with Crippen LogP contribution in [0.2, 0.25) is 0 Å². The van der Waals surface area contributed by atoms with Crippen LogP contribution in [-0.4, -0.2) is 28.3 Å². The van der Waals surface area contributed by atoms with E-state index in [4.69, 9.17) is 0 Å². The highest BCUT2D eigenvalue weighted by atomic mass is 79.9. The zero-order chi connectivity index (χ0) is 15.0. The van der Waals surface area contributed by atoms with E-state index in [0.717, 1.165) is 20.4 Å². The van der Waals surface area contributed by atoms with E-state index in [1.165, 1.54) is 11.8 Å². The van der Waals surface area contributed by atoms with Gasteiger partial charge in [0.2, 0.25) is 5.91 Å². The SMILES string of the molecule is CC(=O)SCC1CC(=O)N(c2ccc3ncsc3c2Br)C1. The standard InChI is InChI=1S/C14H13BrN2O2S2/c1-8(18)20-6-9-4-12(19)17(5-9)11-3-2-10-14(13(11)15)21-7-16-10/h2-3,7,9H,4-6H2,1H3. The van der Waals surface area contributed by atoms with Gasteiger partial charge in [0.1, 0.15) is 0 Å². The van der Waals surface area contributed by atoms with Gasteiger partial charge < -0.3 is 4.90 Å². The van der Waals surface area contributed by atoms with E-state index in [0.29, 0.717) is 18.7 Å². The van der Waals surface area contributed by atoms with Crippen molar-refractivity contribution in [2.24, 2.45) is 5.92 Å². The first kappa shape index (κ1) is 15.0. The van der Waals surface area contributed by atoms with Gasteiger partial charge in [-0.25, -0.2) is 4.98 Å². The summed E-state index contributed by atoms with van der Waals surface area (Å²) >= 11 is 6.45. The number of aromatic nitrogens is 1. The molecule has 3 rings (SSSR count). The summed E-state index contributed by atoms with van der Waals surface area (Å²) in [6.07, 6.45) is 0.507. The number of thioether (sulfide) groups is 1. The molecule has 1 aromatic carbocycles. The van der Waals surface area contributed by atoms with Gasteiger partial charge in [0.05, 0.1) is 25.9 Å². The van der Waals surface area contributed by atoms with Crippen molar-refractivity contribution in [2.45, 2.75) is 13.3 Å². The first-order valence-electron chi connectivity index (χ1n) is 6.51. The summed E-state index contributed by atoms with van der Waals surface area (Å²) in [5, 5.41) is 0.105. The zero-order valence-corrected chi connectivity index (χ0v) is 14.6. The second-order valence-corrected chi connectivity index (χ2v) is 7.82. The molecular weight excluding hydrogens is 372 g/mol. The lowest BCUT2D eigenvalue weighted by atomic mass is 10.1. The first-order chi connectivity index (χ1) is 10.1. The summed E-state index contributed by atoms with van der Waals surface area (Å²) in [5.74, 6) is 1.06. The molecule has 1 atom stereocenters. The number of fused-ring (bicyclic) bond motifs is 1. The number of hydrogen-bond acceptors (Lipinski definition) is 5. The van der Waals surface area contributed by atoms with Crippen LogP contribution in [0.5, 0.6) is 0 Å². The molecular formula is C14H13BrN2O2S2. The van der Waals surface area contributed by atoms with Crippen LogP contribution < -0.4 is 4.90 Å². The van der Waals surface area contributed by atoms with E-state index >= 15 is 0 Å². The highest BCUT2D eigenvalue weighted by Crippen LogP contribution is 2.38. The molecule has 0 bridgehead atoms. The minimum absolute atomic E-state index is 0.105. The number of hydrogen-bond donors (Lipinski definition) is 0. The molecule has 2 heterocycles. The quantitative estimate of drug-likeness (QED) is 0.809. The Morgan fingerprint density at radius 1 is 1.57 bits per heavy atom. The van der Waals surface area contributed by atoms with E-state index < -0.39 is 0 Å². The molecule has 1 aliphatic rings. The summed E-state index contributed by atoms with van der Waals surface area (Å²) in [6, 6.07) is 3.88. The Hall–Kier alpha value is -0.920. The highest BCUT2D eigenvalue weighted by molar-refractivity contribution is 9.10. The van der Waals surface area contributed by atoms with Crippen molar-refractivity contribution in [1.82, 2.24) is 4.98 Å². The molecule has 1 fully saturated rings. The normalized spacial score (nSPS) is 18.7. The lowest BCUT2D eigenvalue weighted by Gasteiger charge is -2.18. The molecule has 1 saturated heterocycles. The zero-order valence-electron chi connectivity index (χ0n) is 11.3. The highest BCUT2D eigenvalue weighted by Gasteiger charge is 2.32. The third-order valence-corrected chi connectivity index (χ3v) is 6.41. The van der Waals surface area contributed by atoms with E-state index in [2.05, 4.69) is 20.9 Å². The van der Waals surface area contributed by atoms with Crippen molar-refractivity contribution >= 4 is 66.0 Å². The molecule has 2 aromatic rings. The third kappa shape index (κ3) is 3.00. The summed E-state index contributed by atoms with van der Waals surface area (Å²) in [7, 11) is 0. The fourth-order valence-corrected chi connectivity index (χ4v) is 4.70. The Bertz CT molecular complexity index is 716. The van der Waals surface area contributed by atoms with Gasteiger partial charge in [-0.15, -0.1) is 11.3 Å². The number of carbonyl (C=O) groups is 2. The fraction of sp³-hybridized carbons (Fsp3) is 0.357. The molecule has 0 spiro atoms. The van der Waals surface area contributed by atoms with Gasteiger partial charge in [0.25, 0.3) is 0 Å². The maximum absolute atomic E-state index is 12.3. The van der Waals surface area contributed by atoms with Gasteiger partial charge in [0, 0.05) is 25.6 Å². The molecule has 0 saturated carbocycles. The van der Waals surface area contributed by atoms with Crippen molar-refractivity contribution in [3.05, 3.63) is 22.1 Å². The maximum atomic E-state index is 12.3. The van der Waals surface area contributed by atoms with Crippen LogP contribution in [0, 0.1) is 5.92 Å². The Balaban J connectivity index is 1.83. The van der Waals surface area contributed by atoms with Crippen LogP contribution >= 0.6 is 39.0 Å². The number of carbonyl (C=O) groups excluding carboxylic acids is 2. The summed E-state index contributed by atoms with van der Waals surface area (Å²) in [5.41, 5.74) is 3.63. The van der Waals surface area contributed by atoms with Gasteiger partial charge in [-0.1, -0.05) is 11.8 Å². The smallest absolute Gasteiger partial charge is 0.227 e. The molecule has 110 valence electrons. The minimum Gasteiger partial charge on any atom is -0.311 e. The maximum Gasteiger partial charge on any atom is 0.227 e. The van der Waals surface area contributed by atoms with E-state index in [9.17, 15) is 9.59 Å². The number of halogens is 1. The molecule has 1 amide bonds. The average molecular weight is 385 g/mol. The fourth-order valence-electron chi connectivity index (χ4n) is 2.45. The Morgan fingerprint density at radius 2 is 2.38 bits per heavy atom. The first-order valence-corrected chi connectivity index (χ1v) is 9.17. The van der Waals surface area contributed by atoms with Crippen LogP contribution in [0.15, 0.2) is 22.1 Å². The van der Waals surface area contributed by atoms with Crippen molar-refractivity contribution < 1.29 is 9.59 Å². The van der Waals surface area contributed by atoms with Crippen LogP contribution in [0.4, 0.5) is 5.69 Å². The molecule has 0 aliphatic carbocycles. The number of anilines is 1. The predicted molar refractivity (Wildman–Crippen MR) is 90.9 cm³/mol. The second-order valence-electron chi connectivity index (χ2n) is 4.98. The Kier molecular flexibility index (Phi) is 4.33. The second kappa shape index (κ2) is 6.06. The Labute approximate surface area is 139 Å². The predicted octanol–water partition coefficient (Wildman–Crippen LogP) is 3.69. The van der Waals surface area contributed by atoms with Crippen molar-refractivity contribution in [3.8, 4) is 0 Å². The number of thiazole rings is 1. The Morgan fingerprint density at radius 3 is 3.14 bits per heavy atom. The van der Waals surface area contributed by atoms with Crippen LogP contribution in [0.3, 0.4) is 0 Å². The molecule has 1 unspecified atom stereocenters. The van der Waals surface area contributed by atoms with Crippen molar-refractivity contribution in [1.29, 1.82) is 0 Å². The van der Waals surface area contributed by atoms with Gasteiger partial charge in [-0.05, 0) is 34.0 Å². The lowest BCUT2D eigenvalue weighted by Crippen LogP contribution is -2.25. The van der Waals surface area contributed by atoms with Gasteiger partial charge >= 0.3 is 0 Å². The molecule has 21 heavy (non-hydrogen) atoms. The number of nitrogens with zero attached hydrogens (tertiary/aromatic N) is 2. The number of amides is 1. The van der Waals surface area contributed by atoms with Crippen LogP contribution in [0.1, 0.15) is 13.3 Å². The molecule has 4 nitrogen and oxygen atoms in total. The molecule has 0 radical (unpaired) electrons. The van der Waals surface area contributed by atoms with E-state index in [-0.39, 0.29) is 16.9 Å². The monoisotopic (exact) mass is 384 g/mol. The van der Waals surface area contributed by atoms with Crippen molar-refractivity contribution in [2.75, 3.05) is 17.2 Å². The number of rotatable bonds is 3. The van der Waals surface area contributed by atoms with Gasteiger partial charge in [-0.3, -0.25) is 9.59 Å². The molecule has 1 aliphatic heterocycles. The molecule has 7 heteroatoms. The van der Waals surface area contributed by atoms with E-state index in [1.54, 1.807) is 23.8 Å². The largest absolute Gasteiger partial charge is 0.311 e. The van der Waals surface area contributed by atoms with Gasteiger partial charge in [0.15, 0.2) is 5.12 Å². The minimum atomic E-state index is 0.105. The summed E-state index contributed by atoms with van der Waals surface area (Å²) in [6.45, 7) is 2.23. The summed E-state index contributed by atoms with van der Waals surface area (Å²) in [4.78, 5) is 29.4. The average Bonchev–Trinajstić information content (AvgIpc) is 3.04. The topological polar surface area (TPSA) is 50.3 Å². The summed E-state index contributed by atoms with van der Waals surface area (Å²) < 4.78 is 1.98. The third-order valence-electron chi connectivity index (χ3n) is 3.44. The molecule has 0 N–H and O–H groups in total. The van der Waals surface area contributed by atoms with Gasteiger partial charge in [-0.2, -0.15) is 0 Å². The van der Waals surface area contributed by atoms with Crippen LogP contribution in [-0.2, 0) is 9.59 Å². The van der Waals surface area contributed by atoms with Crippen LogP contribution in [0.25, 0.3) is 10.2 Å². The lowest BCUT2D eigenvalue weighted by molar-refractivity contribution is -0.117. The van der Waals surface area contributed by atoms with Crippen molar-refractivity contribution in [3.63, 3.8) is 0 Å². The van der Waals surface area contributed by atoms with E-state index in [1.807, 2.05) is 17.0 Å². The molecule has 1 aromatic heterocycles. The number of benzene rings is 1.